The number of nitrogens with one attached hydrogen (secondary N) is 2. The van der Waals surface area contributed by atoms with E-state index in [1.165, 1.54) is 0 Å². The van der Waals surface area contributed by atoms with E-state index in [1.54, 1.807) is 12.1 Å². The highest BCUT2D eigenvalue weighted by molar-refractivity contribution is 6.39. The molecule has 2 aromatic carbocycles. The first-order valence-electron chi connectivity index (χ1n) is 7.43. The third kappa shape index (κ3) is 5.23. The number of carbonyl (C=O) groups is 2. The number of aliphatic hydroxyl groups excluding tert-OH is 1. The molecular formula is C18H20N2O3. The monoisotopic (exact) mass is 312 g/mol. The van der Waals surface area contributed by atoms with Gasteiger partial charge in [0.15, 0.2) is 0 Å². The number of carbonyl (C=O) groups excluding carboxylic acids is 2. The lowest BCUT2D eigenvalue weighted by atomic mass is 10.1. The second kappa shape index (κ2) is 8.10. The van der Waals surface area contributed by atoms with E-state index in [1.807, 2.05) is 43.3 Å². The maximum absolute atomic E-state index is 11.8. The molecule has 0 unspecified atom stereocenters. The van der Waals surface area contributed by atoms with Crippen LogP contribution in [0.4, 0.5) is 5.69 Å². The number of amides is 2. The van der Waals surface area contributed by atoms with E-state index in [0.29, 0.717) is 18.7 Å². The summed E-state index contributed by atoms with van der Waals surface area (Å²) in [6, 6.07) is 14.7. The number of hydrogen-bond donors (Lipinski definition) is 3. The van der Waals surface area contributed by atoms with Crippen molar-refractivity contribution in [1.29, 1.82) is 0 Å². The minimum atomic E-state index is -0.676. The number of aliphatic hydroxyl groups is 1. The van der Waals surface area contributed by atoms with Gasteiger partial charge in [-0.3, -0.25) is 9.59 Å². The summed E-state index contributed by atoms with van der Waals surface area (Å²) in [4.78, 5) is 23.5. The van der Waals surface area contributed by atoms with E-state index in [0.717, 1.165) is 16.7 Å². The largest absolute Gasteiger partial charge is 0.392 e. The van der Waals surface area contributed by atoms with Crippen LogP contribution in [-0.4, -0.2) is 23.5 Å². The summed E-state index contributed by atoms with van der Waals surface area (Å²) in [7, 11) is 0. The zero-order valence-corrected chi connectivity index (χ0v) is 13.0. The van der Waals surface area contributed by atoms with Gasteiger partial charge in [0, 0.05) is 12.2 Å². The van der Waals surface area contributed by atoms with E-state index in [2.05, 4.69) is 10.6 Å². The van der Waals surface area contributed by atoms with Gasteiger partial charge in [0.25, 0.3) is 0 Å². The van der Waals surface area contributed by atoms with Crippen molar-refractivity contribution in [3.05, 3.63) is 65.2 Å². The van der Waals surface area contributed by atoms with Crippen LogP contribution in [-0.2, 0) is 22.6 Å². The Morgan fingerprint density at radius 1 is 0.913 bits per heavy atom. The molecule has 5 heteroatoms. The fraction of sp³-hybridized carbons (Fsp3) is 0.222. The Morgan fingerprint density at radius 3 is 2.13 bits per heavy atom. The van der Waals surface area contributed by atoms with E-state index in [-0.39, 0.29) is 6.61 Å². The molecule has 0 aliphatic rings. The van der Waals surface area contributed by atoms with Gasteiger partial charge in [0.2, 0.25) is 0 Å². The van der Waals surface area contributed by atoms with Crippen molar-refractivity contribution in [3.8, 4) is 0 Å². The molecule has 5 nitrogen and oxygen atoms in total. The summed E-state index contributed by atoms with van der Waals surface area (Å²) in [6.07, 6.45) is 0.620. The Kier molecular flexibility index (Phi) is 5.88. The fourth-order valence-electron chi connectivity index (χ4n) is 2.04. The molecule has 0 bridgehead atoms. The molecule has 2 amide bonds. The molecule has 0 radical (unpaired) electrons. The fourth-order valence-corrected chi connectivity index (χ4v) is 2.04. The van der Waals surface area contributed by atoms with Gasteiger partial charge < -0.3 is 15.7 Å². The first-order valence-corrected chi connectivity index (χ1v) is 7.43. The molecule has 0 aliphatic carbocycles. The Labute approximate surface area is 135 Å². The van der Waals surface area contributed by atoms with Crippen LogP contribution in [0.2, 0.25) is 0 Å². The minimum Gasteiger partial charge on any atom is -0.392 e. The van der Waals surface area contributed by atoms with Crippen molar-refractivity contribution in [1.82, 2.24) is 5.32 Å². The average molecular weight is 312 g/mol. The number of aryl methyl sites for hydroxylation is 1. The van der Waals surface area contributed by atoms with Crippen molar-refractivity contribution in [2.24, 2.45) is 0 Å². The molecule has 2 rings (SSSR count). The topological polar surface area (TPSA) is 78.4 Å². The summed E-state index contributed by atoms with van der Waals surface area (Å²) in [5.74, 6) is -1.33. The second-order valence-electron chi connectivity index (χ2n) is 5.30. The van der Waals surface area contributed by atoms with Gasteiger partial charge >= 0.3 is 11.8 Å². The lowest BCUT2D eigenvalue weighted by Gasteiger charge is -2.07. The van der Waals surface area contributed by atoms with Gasteiger partial charge in [-0.1, -0.05) is 42.0 Å². The number of rotatable bonds is 5. The van der Waals surface area contributed by atoms with E-state index < -0.39 is 11.8 Å². The molecule has 0 heterocycles. The first-order chi connectivity index (χ1) is 11.1. The molecule has 0 spiro atoms. The summed E-state index contributed by atoms with van der Waals surface area (Å²) in [5, 5.41) is 14.1. The molecule has 0 atom stereocenters. The number of benzene rings is 2. The third-order valence-corrected chi connectivity index (χ3v) is 3.42. The summed E-state index contributed by atoms with van der Waals surface area (Å²) in [5.41, 5.74) is 3.55. The van der Waals surface area contributed by atoms with Gasteiger partial charge in [-0.2, -0.15) is 0 Å². The van der Waals surface area contributed by atoms with Gasteiger partial charge in [-0.05, 0) is 36.6 Å². The lowest BCUT2D eigenvalue weighted by Crippen LogP contribution is -2.36. The Morgan fingerprint density at radius 2 is 1.52 bits per heavy atom. The summed E-state index contributed by atoms with van der Waals surface area (Å²) < 4.78 is 0. The Balaban J connectivity index is 1.77. The van der Waals surface area contributed by atoms with Crippen molar-refractivity contribution < 1.29 is 14.7 Å². The zero-order valence-electron chi connectivity index (χ0n) is 13.0. The molecule has 2 aromatic rings. The smallest absolute Gasteiger partial charge is 0.313 e. The van der Waals surface area contributed by atoms with Crippen molar-refractivity contribution >= 4 is 17.5 Å². The molecule has 120 valence electrons. The minimum absolute atomic E-state index is 0.0101. The van der Waals surface area contributed by atoms with Crippen LogP contribution < -0.4 is 10.6 Å². The normalized spacial score (nSPS) is 10.2. The van der Waals surface area contributed by atoms with E-state index in [4.69, 9.17) is 5.11 Å². The van der Waals surface area contributed by atoms with Crippen LogP contribution in [0.3, 0.4) is 0 Å². The standard InChI is InChI=1S/C18H20N2O3/c1-13-2-8-16(9-3-13)20-18(23)17(22)19-11-10-14-4-6-15(12-21)7-5-14/h2-9,21H,10-12H2,1H3,(H,19,22)(H,20,23). The highest BCUT2D eigenvalue weighted by Crippen LogP contribution is 2.08. The molecule has 0 saturated heterocycles. The maximum atomic E-state index is 11.8. The van der Waals surface area contributed by atoms with Gasteiger partial charge in [0.05, 0.1) is 6.61 Å². The van der Waals surface area contributed by atoms with Crippen LogP contribution in [0.25, 0.3) is 0 Å². The highest BCUT2D eigenvalue weighted by Gasteiger charge is 2.12. The van der Waals surface area contributed by atoms with Crippen molar-refractivity contribution in [3.63, 3.8) is 0 Å². The second-order valence-corrected chi connectivity index (χ2v) is 5.30. The number of hydrogen-bond acceptors (Lipinski definition) is 3. The maximum Gasteiger partial charge on any atom is 0.313 e. The first kappa shape index (κ1) is 16.7. The predicted octanol–water partition coefficient (Wildman–Crippen LogP) is 1.78. The zero-order chi connectivity index (χ0) is 16.7. The predicted molar refractivity (Wildman–Crippen MR) is 88.9 cm³/mol. The van der Waals surface area contributed by atoms with Crippen LogP contribution in [0.5, 0.6) is 0 Å². The van der Waals surface area contributed by atoms with Gasteiger partial charge in [-0.15, -0.1) is 0 Å². The van der Waals surface area contributed by atoms with Crippen LogP contribution in [0, 0.1) is 6.92 Å². The molecule has 0 saturated carbocycles. The summed E-state index contributed by atoms with van der Waals surface area (Å²) in [6.45, 7) is 2.33. The molecule has 0 aromatic heterocycles. The Hall–Kier alpha value is -2.66. The highest BCUT2D eigenvalue weighted by atomic mass is 16.3. The van der Waals surface area contributed by atoms with Crippen LogP contribution in [0.1, 0.15) is 16.7 Å². The average Bonchev–Trinajstić information content (AvgIpc) is 2.57. The lowest BCUT2D eigenvalue weighted by molar-refractivity contribution is -0.136. The molecule has 23 heavy (non-hydrogen) atoms. The molecule has 3 N–H and O–H groups in total. The van der Waals surface area contributed by atoms with Crippen LogP contribution in [0.15, 0.2) is 48.5 Å². The quantitative estimate of drug-likeness (QED) is 0.737. The van der Waals surface area contributed by atoms with E-state index >= 15 is 0 Å². The van der Waals surface area contributed by atoms with Crippen molar-refractivity contribution in [2.75, 3.05) is 11.9 Å². The molecular weight excluding hydrogens is 292 g/mol. The van der Waals surface area contributed by atoms with Gasteiger partial charge in [-0.25, -0.2) is 0 Å². The number of anilines is 1. The van der Waals surface area contributed by atoms with E-state index in [9.17, 15) is 9.59 Å². The van der Waals surface area contributed by atoms with Gasteiger partial charge in [0.1, 0.15) is 0 Å². The molecule has 0 fully saturated rings. The third-order valence-electron chi connectivity index (χ3n) is 3.42. The summed E-state index contributed by atoms with van der Waals surface area (Å²) >= 11 is 0. The van der Waals surface area contributed by atoms with Crippen molar-refractivity contribution in [2.45, 2.75) is 20.0 Å². The Bertz CT molecular complexity index is 664. The SMILES string of the molecule is Cc1ccc(NC(=O)C(=O)NCCc2ccc(CO)cc2)cc1. The van der Waals surface area contributed by atoms with Crippen LogP contribution >= 0.6 is 0 Å². The molecule has 0 aliphatic heterocycles.